The van der Waals surface area contributed by atoms with Crippen molar-refractivity contribution in [2.45, 2.75) is 27.7 Å². The van der Waals surface area contributed by atoms with Gasteiger partial charge in [0.2, 0.25) is 0 Å². The maximum atomic E-state index is 10.6. The van der Waals surface area contributed by atoms with Gasteiger partial charge < -0.3 is 5.32 Å². The summed E-state index contributed by atoms with van der Waals surface area (Å²) >= 11 is 0. The summed E-state index contributed by atoms with van der Waals surface area (Å²) < 4.78 is 0. The minimum absolute atomic E-state index is 0.222. The fraction of sp³-hybridized carbons (Fsp3) is 0.500. The second-order valence-electron chi connectivity index (χ2n) is 1.65. The molecule has 2 heteroatoms. The molecule has 0 radical (unpaired) electrons. The van der Waals surface area contributed by atoms with E-state index in [0.29, 0.717) is 6.54 Å². The number of carbonyl (C=O) groups excluding carboxylic acids is 1. The predicted molar refractivity (Wildman–Crippen MR) is 52.6 cm³/mol. The summed E-state index contributed by atoms with van der Waals surface area (Å²) in [6.45, 7) is 8.09. The molecular formula is C10H17NO. The minimum Gasteiger partial charge on any atom is -0.342 e. The standard InChI is InChI=1S/C8H11NO.C2H6/c1-3-5-7-9-8(10)6-4-2;1-2/h3,5H,7H2,1-2H3,(H,9,10);1-2H3/b5-3+;. The molecule has 0 unspecified atom stereocenters. The summed E-state index contributed by atoms with van der Waals surface area (Å²) in [4.78, 5) is 10.6. The summed E-state index contributed by atoms with van der Waals surface area (Å²) in [7, 11) is 0. The lowest BCUT2D eigenvalue weighted by atomic mass is 10.5. The lowest BCUT2D eigenvalue weighted by Gasteiger charge is -1.91. The first kappa shape index (κ1) is 13.4. The lowest BCUT2D eigenvalue weighted by Crippen LogP contribution is -2.20. The summed E-state index contributed by atoms with van der Waals surface area (Å²) in [6, 6.07) is 0. The van der Waals surface area contributed by atoms with Crippen LogP contribution < -0.4 is 5.32 Å². The van der Waals surface area contributed by atoms with Gasteiger partial charge in [0.05, 0.1) is 0 Å². The molecule has 12 heavy (non-hydrogen) atoms. The van der Waals surface area contributed by atoms with E-state index in [1.165, 1.54) is 0 Å². The fourth-order valence-corrected chi connectivity index (χ4v) is 0.427. The molecule has 1 amide bonds. The Balaban J connectivity index is 0. The summed E-state index contributed by atoms with van der Waals surface area (Å²) in [5.41, 5.74) is 0. The van der Waals surface area contributed by atoms with Gasteiger partial charge >= 0.3 is 0 Å². The van der Waals surface area contributed by atoms with E-state index in [2.05, 4.69) is 17.2 Å². The third-order valence-electron chi connectivity index (χ3n) is 0.855. The molecule has 0 aliphatic rings. The normalized spacial score (nSPS) is 7.67. The smallest absolute Gasteiger partial charge is 0.296 e. The van der Waals surface area contributed by atoms with Gasteiger partial charge in [0, 0.05) is 6.54 Å². The number of hydrogen-bond donors (Lipinski definition) is 1. The molecule has 0 aliphatic heterocycles. The largest absolute Gasteiger partial charge is 0.342 e. The molecule has 0 saturated heterocycles. The molecule has 0 heterocycles. The monoisotopic (exact) mass is 167 g/mol. The van der Waals surface area contributed by atoms with Crippen LogP contribution in [-0.2, 0) is 4.79 Å². The number of carbonyl (C=O) groups is 1. The summed E-state index contributed by atoms with van der Waals surface area (Å²) in [5, 5.41) is 2.59. The third-order valence-corrected chi connectivity index (χ3v) is 0.855. The molecule has 0 bridgehead atoms. The highest BCUT2D eigenvalue weighted by atomic mass is 16.1. The Hall–Kier alpha value is -1.23. The second-order valence-corrected chi connectivity index (χ2v) is 1.65. The molecule has 0 aliphatic carbocycles. The van der Waals surface area contributed by atoms with Crippen LogP contribution in [0.2, 0.25) is 0 Å². The van der Waals surface area contributed by atoms with Crippen molar-refractivity contribution in [3.8, 4) is 11.8 Å². The third kappa shape index (κ3) is 11.6. The van der Waals surface area contributed by atoms with Crippen molar-refractivity contribution in [3.63, 3.8) is 0 Å². The van der Waals surface area contributed by atoms with Gasteiger partial charge in [-0.1, -0.05) is 31.9 Å². The van der Waals surface area contributed by atoms with E-state index in [4.69, 9.17) is 0 Å². The van der Waals surface area contributed by atoms with Crippen LogP contribution in [0.4, 0.5) is 0 Å². The Morgan fingerprint density at radius 2 is 2.08 bits per heavy atom. The molecule has 0 saturated carbocycles. The molecule has 0 aromatic heterocycles. The molecule has 0 aromatic rings. The van der Waals surface area contributed by atoms with Gasteiger partial charge in [0.15, 0.2) is 0 Å². The Kier molecular flexibility index (Phi) is 13.9. The minimum atomic E-state index is -0.222. The van der Waals surface area contributed by atoms with E-state index in [9.17, 15) is 4.79 Å². The van der Waals surface area contributed by atoms with Crippen LogP contribution >= 0.6 is 0 Å². The maximum Gasteiger partial charge on any atom is 0.296 e. The Morgan fingerprint density at radius 1 is 1.50 bits per heavy atom. The van der Waals surface area contributed by atoms with E-state index < -0.39 is 0 Å². The van der Waals surface area contributed by atoms with Crippen LogP contribution in [0, 0.1) is 11.8 Å². The van der Waals surface area contributed by atoms with Gasteiger partial charge in [-0.05, 0) is 19.8 Å². The molecule has 0 aromatic carbocycles. The van der Waals surface area contributed by atoms with E-state index >= 15 is 0 Å². The number of nitrogens with one attached hydrogen (secondary N) is 1. The molecule has 1 N–H and O–H groups in total. The lowest BCUT2D eigenvalue weighted by molar-refractivity contribution is -0.115. The highest BCUT2D eigenvalue weighted by Crippen LogP contribution is 1.67. The van der Waals surface area contributed by atoms with Gasteiger partial charge in [-0.15, -0.1) is 0 Å². The topological polar surface area (TPSA) is 29.1 Å². The summed E-state index contributed by atoms with van der Waals surface area (Å²) in [6.07, 6.45) is 3.73. The zero-order valence-electron chi connectivity index (χ0n) is 8.27. The molecule has 0 atom stereocenters. The van der Waals surface area contributed by atoms with Crippen LogP contribution in [0.1, 0.15) is 27.7 Å². The van der Waals surface area contributed by atoms with E-state index in [-0.39, 0.29) is 5.91 Å². The van der Waals surface area contributed by atoms with Crippen molar-refractivity contribution in [1.82, 2.24) is 5.32 Å². The second kappa shape index (κ2) is 12.4. The van der Waals surface area contributed by atoms with Gasteiger partial charge in [-0.25, -0.2) is 0 Å². The van der Waals surface area contributed by atoms with Crippen molar-refractivity contribution >= 4 is 5.91 Å². The number of amides is 1. The van der Waals surface area contributed by atoms with Gasteiger partial charge in [-0.3, -0.25) is 4.79 Å². The number of hydrogen-bond acceptors (Lipinski definition) is 1. The highest BCUT2D eigenvalue weighted by Gasteiger charge is 1.87. The van der Waals surface area contributed by atoms with E-state index in [1.54, 1.807) is 6.92 Å². The predicted octanol–water partition coefficient (Wildman–Crippen LogP) is 1.73. The average Bonchev–Trinajstić information content (AvgIpc) is 2.09. The molecule has 0 rings (SSSR count). The quantitative estimate of drug-likeness (QED) is 0.492. The van der Waals surface area contributed by atoms with Gasteiger partial charge in [0.1, 0.15) is 0 Å². The van der Waals surface area contributed by atoms with Crippen LogP contribution in [0.15, 0.2) is 12.2 Å². The first-order valence-corrected chi connectivity index (χ1v) is 4.13. The van der Waals surface area contributed by atoms with Crippen molar-refractivity contribution in [2.75, 3.05) is 6.54 Å². The number of rotatable bonds is 2. The Bertz CT molecular complexity index is 184. The molecular weight excluding hydrogens is 150 g/mol. The van der Waals surface area contributed by atoms with Crippen LogP contribution in [0.3, 0.4) is 0 Å². The molecule has 0 fully saturated rings. The molecule has 2 nitrogen and oxygen atoms in total. The van der Waals surface area contributed by atoms with Crippen LogP contribution in [0.25, 0.3) is 0 Å². The Morgan fingerprint density at radius 3 is 2.50 bits per heavy atom. The van der Waals surface area contributed by atoms with Crippen molar-refractivity contribution in [1.29, 1.82) is 0 Å². The summed E-state index contributed by atoms with van der Waals surface area (Å²) in [5.74, 6) is 4.66. The van der Waals surface area contributed by atoms with Crippen molar-refractivity contribution in [2.24, 2.45) is 0 Å². The van der Waals surface area contributed by atoms with Gasteiger partial charge in [-0.2, -0.15) is 0 Å². The zero-order chi connectivity index (χ0) is 9.82. The van der Waals surface area contributed by atoms with E-state index in [0.717, 1.165) is 0 Å². The van der Waals surface area contributed by atoms with E-state index in [1.807, 2.05) is 32.9 Å². The Labute approximate surface area is 75.1 Å². The highest BCUT2D eigenvalue weighted by molar-refractivity contribution is 5.93. The van der Waals surface area contributed by atoms with Crippen LogP contribution in [0.5, 0.6) is 0 Å². The van der Waals surface area contributed by atoms with Crippen molar-refractivity contribution in [3.05, 3.63) is 12.2 Å². The van der Waals surface area contributed by atoms with Gasteiger partial charge in [0.25, 0.3) is 5.91 Å². The molecule has 0 spiro atoms. The first-order valence-electron chi connectivity index (χ1n) is 4.13. The number of allylic oxidation sites excluding steroid dienone is 1. The SMILES string of the molecule is CC.CC#CC(=O)NC/C=C/C. The maximum absolute atomic E-state index is 10.6. The zero-order valence-corrected chi connectivity index (χ0v) is 8.27. The average molecular weight is 167 g/mol. The fourth-order valence-electron chi connectivity index (χ4n) is 0.427. The first-order chi connectivity index (χ1) is 5.81. The molecule has 68 valence electrons. The van der Waals surface area contributed by atoms with Crippen molar-refractivity contribution < 1.29 is 4.79 Å². The van der Waals surface area contributed by atoms with Crippen LogP contribution in [-0.4, -0.2) is 12.5 Å².